The molecule has 2 heterocycles. The minimum absolute atomic E-state index is 0.173. The van der Waals surface area contributed by atoms with E-state index in [0.29, 0.717) is 17.9 Å². The van der Waals surface area contributed by atoms with Gasteiger partial charge in [-0.1, -0.05) is 6.07 Å². The van der Waals surface area contributed by atoms with Crippen molar-refractivity contribution < 1.29 is 4.39 Å². The molecule has 21 heavy (non-hydrogen) atoms. The number of hydrogen-bond donors (Lipinski definition) is 1. The van der Waals surface area contributed by atoms with E-state index in [9.17, 15) is 4.39 Å². The predicted molar refractivity (Wildman–Crippen MR) is 83.9 cm³/mol. The molecule has 0 aliphatic heterocycles. The van der Waals surface area contributed by atoms with Crippen LogP contribution in [0, 0.1) is 5.82 Å². The van der Waals surface area contributed by atoms with Crippen LogP contribution < -0.4 is 5.73 Å². The molecule has 0 amide bonds. The first-order chi connectivity index (χ1) is 10.1. The van der Waals surface area contributed by atoms with Crippen molar-refractivity contribution in [2.75, 3.05) is 6.54 Å². The average molecular weight is 304 g/mol. The van der Waals surface area contributed by atoms with Crippen molar-refractivity contribution >= 4 is 22.4 Å². The van der Waals surface area contributed by atoms with Gasteiger partial charge in [-0.2, -0.15) is 0 Å². The first-order valence-corrected chi connectivity index (χ1v) is 7.81. The third-order valence-corrected chi connectivity index (χ3v) is 4.23. The summed E-state index contributed by atoms with van der Waals surface area (Å²) in [6, 6.07) is 5.21. The van der Waals surface area contributed by atoms with Gasteiger partial charge in [-0.25, -0.2) is 14.4 Å². The van der Waals surface area contributed by atoms with Crippen LogP contribution in [0.15, 0.2) is 23.6 Å². The van der Waals surface area contributed by atoms with Crippen LogP contribution in [-0.4, -0.2) is 21.1 Å². The number of halogens is 1. The van der Waals surface area contributed by atoms with Gasteiger partial charge in [0.1, 0.15) is 11.2 Å². The molecule has 2 N–H and O–H groups in total. The Kier molecular flexibility index (Phi) is 3.73. The second-order valence-corrected chi connectivity index (χ2v) is 6.11. The summed E-state index contributed by atoms with van der Waals surface area (Å²) in [5.74, 6) is 0.412. The summed E-state index contributed by atoms with van der Waals surface area (Å²) in [4.78, 5) is 9.05. The van der Waals surface area contributed by atoms with Gasteiger partial charge in [0.05, 0.1) is 10.5 Å². The topological polar surface area (TPSA) is 56.7 Å². The number of fused-ring (bicyclic) bond motifs is 1. The molecular weight excluding hydrogens is 287 g/mol. The quantitative estimate of drug-likeness (QED) is 0.804. The average Bonchev–Trinajstić information content (AvgIpc) is 3.03. The Morgan fingerprint density at radius 2 is 2.14 bits per heavy atom. The number of rotatable bonds is 4. The van der Waals surface area contributed by atoms with E-state index >= 15 is 0 Å². The number of imidazole rings is 1. The molecule has 0 radical (unpaired) electrons. The van der Waals surface area contributed by atoms with Gasteiger partial charge in [0.25, 0.3) is 0 Å². The lowest BCUT2D eigenvalue weighted by molar-refractivity contribution is 0.622. The molecule has 4 nitrogen and oxygen atoms in total. The zero-order valence-corrected chi connectivity index (χ0v) is 12.8. The summed E-state index contributed by atoms with van der Waals surface area (Å²) in [7, 11) is 0. The van der Waals surface area contributed by atoms with Gasteiger partial charge in [0.2, 0.25) is 0 Å². The van der Waals surface area contributed by atoms with E-state index in [1.54, 1.807) is 17.4 Å². The van der Waals surface area contributed by atoms with Gasteiger partial charge in [-0.05, 0) is 32.5 Å². The van der Waals surface area contributed by atoms with E-state index in [-0.39, 0.29) is 11.9 Å². The zero-order chi connectivity index (χ0) is 15.0. The Morgan fingerprint density at radius 3 is 2.86 bits per heavy atom. The van der Waals surface area contributed by atoms with Crippen LogP contribution in [0.2, 0.25) is 0 Å². The minimum Gasteiger partial charge on any atom is -0.330 e. The number of para-hydroxylation sites is 1. The Hall–Kier alpha value is -1.79. The fourth-order valence-corrected chi connectivity index (χ4v) is 3.23. The fourth-order valence-electron chi connectivity index (χ4n) is 2.44. The molecule has 0 fully saturated rings. The molecule has 0 saturated heterocycles. The molecule has 0 aliphatic rings. The maximum atomic E-state index is 14.0. The SMILES string of the molecule is CC(C)n1c(-c2csc(CCN)n2)nc2c(F)cccc21. The van der Waals surface area contributed by atoms with Crippen molar-refractivity contribution in [3.63, 3.8) is 0 Å². The monoisotopic (exact) mass is 304 g/mol. The summed E-state index contributed by atoms with van der Waals surface area (Å²) in [6.45, 7) is 4.69. The highest BCUT2D eigenvalue weighted by Gasteiger charge is 2.19. The summed E-state index contributed by atoms with van der Waals surface area (Å²) in [6.07, 6.45) is 0.751. The highest BCUT2D eigenvalue weighted by molar-refractivity contribution is 7.09. The molecule has 1 aromatic carbocycles. The van der Waals surface area contributed by atoms with Crippen molar-refractivity contribution in [3.05, 3.63) is 34.4 Å². The molecule has 0 saturated carbocycles. The van der Waals surface area contributed by atoms with Gasteiger partial charge >= 0.3 is 0 Å². The van der Waals surface area contributed by atoms with Gasteiger partial charge in [0.15, 0.2) is 11.6 Å². The summed E-state index contributed by atoms with van der Waals surface area (Å²) in [5, 5.41) is 2.94. The van der Waals surface area contributed by atoms with Gasteiger partial charge in [-0.3, -0.25) is 0 Å². The summed E-state index contributed by atoms with van der Waals surface area (Å²) in [5.41, 5.74) is 7.55. The van der Waals surface area contributed by atoms with Gasteiger partial charge in [-0.15, -0.1) is 11.3 Å². The van der Waals surface area contributed by atoms with E-state index in [1.807, 2.05) is 16.0 Å². The Bertz CT molecular complexity index is 775. The van der Waals surface area contributed by atoms with Crippen LogP contribution in [0.5, 0.6) is 0 Å². The highest BCUT2D eigenvalue weighted by atomic mass is 32.1. The summed E-state index contributed by atoms with van der Waals surface area (Å²) < 4.78 is 16.0. The molecule has 0 spiro atoms. The lowest BCUT2D eigenvalue weighted by atomic mass is 10.3. The van der Waals surface area contributed by atoms with Crippen molar-refractivity contribution in [2.45, 2.75) is 26.3 Å². The molecule has 110 valence electrons. The fraction of sp³-hybridized carbons (Fsp3) is 0.333. The molecule has 0 aliphatic carbocycles. The zero-order valence-electron chi connectivity index (χ0n) is 12.0. The Morgan fingerprint density at radius 1 is 1.33 bits per heavy atom. The molecule has 0 bridgehead atoms. The first-order valence-electron chi connectivity index (χ1n) is 6.93. The van der Waals surface area contributed by atoms with E-state index in [4.69, 9.17) is 5.73 Å². The third-order valence-electron chi connectivity index (χ3n) is 3.33. The maximum absolute atomic E-state index is 14.0. The van der Waals surface area contributed by atoms with E-state index < -0.39 is 0 Å². The largest absolute Gasteiger partial charge is 0.330 e. The second kappa shape index (κ2) is 5.54. The van der Waals surface area contributed by atoms with Crippen LogP contribution in [0.25, 0.3) is 22.6 Å². The van der Waals surface area contributed by atoms with E-state index in [1.165, 1.54) is 6.07 Å². The lowest BCUT2D eigenvalue weighted by Gasteiger charge is -2.11. The highest BCUT2D eigenvalue weighted by Crippen LogP contribution is 2.30. The number of aromatic nitrogens is 3. The summed E-state index contributed by atoms with van der Waals surface area (Å²) >= 11 is 1.57. The molecule has 6 heteroatoms. The number of benzene rings is 1. The third kappa shape index (κ3) is 2.45. The smallest absolute Gasteiger partial charge is 0.161 e. The maximum Gasteiger partial charge on any atom is 0.161 e. The number of thiazole rings is 1. The van der Waals surface area contributed by atoms with Crippen molar-refractivity contribution in [1.29, 1.82) is 0 Å². The minimum atomic E-state index is -0.300. The molecule has 0 unspecified atom stereocenters. The molecule has 0 atom stereocenters. The predicted octanol–water partition coefficient (Wildman–Crippen LogP) is 3.38. The van der Waals surface area contributed by atoms with Gasteiger partial charge < -0.3 is 10.3 Å². The van der Waals surface area contributed by atoms with Crippen molar-refractivity contribution in [2.24, 2.45) is 5.73 Å². The van der Waals surface area contributed by atoms with Crippen LogP contribution in [0.3, 0.4) is 0 Å². The Balaban J connectivity index is 2.20. The van der Waals surface area contributed by atoms with Gasteiger partial charge in [0, 0.05) is 17.8 Å². The van der Waals surface area contributed by atoms with Crippen LogP contribution in [0.1, 0.15) is 24.9 Å². The standard InChI is InChI=1S/C15H17FN4S/c1-9(2)20-12-5-3-4-10(16)14(12)19-15(20)11-8-21-13(18-11)6-7-17/h3-5,8-9H,6-7,17H2,1-2H3. The van der Waals surface area contributed by atoms with Crippen molar-refractivity contribution in [1.82, 2.24) is 14.5 Å². The number of hydrogen-bond acceptors (Lipinski definition) is 4. The molecule has 3 aromatic rings. The normalized spacial score (nSPS) is 11.7. The van der Waals surface area contributed by atoms with E-state index in [0.717, 1.165) is 22.6 Å². The van der Waals surface area contributed by atoms with Crippen LogP contribution in [-0.2, 0) is 6.42 Å². The Labute approximate surface area is 126 Å². The lowest BCUT2D eigenvalue weighted by Crippen LogP contribution is -2.04. The number of nitrogens with zero attached hydrogens (tertiary/aromatic N) is 3. The molecular formula is C15H17FN4S. The van der Waals surface area contributed by atoms with Crippen molar-refractivity contribution in [3.8, 4) is 11.5 Å². The first kappa shape index (κ1) is 14.2. The van der Waals surface area contributed by atoms with Crippen LogP contribution in [0.4, 0.5) is 4.39 Å². The van der Waals surface area contributed by atoms with E-state index in [2.05, 4.69) is 23.8 Å². The molecule has 3 rings (SSSR count). The molecule has 2 aromatic heterocycles. The van der Waals surface area contributed by atoms with Crippen LogP contribution >= 0.6 is 11.3 Å². The second-order valence-electron chi connectivity index (χ2n) is 5.17. The number of nitrogens with two attached hydrogens (primary N) is 1.